The summed E-state index contributed by atoms with van der Waals surface area (Å²) in [6, 6.07) is 12.5. The topological polar surface area (TPSA) is 54.7 Å². The van der Waals surface area contributed by atoms with Crippen molar-refractivity contribution in [1.29, 1.82) is 0 Å². The number of hydrogen-bond donors (Lipinski definition) is 1. The number of rotatable bonds is 6. The van der Waals surface area contributed by atoms with E-state index < -0.39 is 0 Å². The van der Waals surface area contributed by atoms with Crippen LogP contribution in [0.3, 0.4) is 0 Å². The summed E-state index contributed by atoms with van der Waals surface area (Å²) in [6.07, 6.45) is 5.68. The van der Waals surface area contributed by atoms with Crippen LogP contribution in [0.5, 0.6) is 0 Å². The van der Waals surface area contributed by atoms with Gasteiger partial charge in [0.15, 0.2) is 5.82 Å². The summed E-state index contributed by atoms with van der Waals surface area (Å²) < 4.78 is 5.36. The van der Waals surface area contributed by atoms with Crippen LogP contribution in [0, 0.1) is 0 Å². The number of thiophene rings is 1. The smallest absolute Gasteiger partial charge is 0.226 e. The van der Waals surface area contributed by atoms with Gasteiger partial charge in [-0.2, -0.15) is 4.98 Å². The Morgan fingerprint density at radius 1 is 1.09 bits per heavy atom. The molecule has 3 aromatic heterocycles. The number of aromatic amines is 1. The third-order valence-electron chi connectivity index (χ3n) is 3.93. The maximum atomic E-state index is 5.36. The summed E-state index contributed by atoms with van der Waals surface area (Å²) in [7, 11) is 0. The molecule has 1 aromatic carbocycles. The third kappa shape index (κ3) is 3.19. The Bertz CT molecular complexity index is 892. The van der Waals surface area contributed by atoms with Crippen molar-refractivity contribution >= 4 is 22.2 Å². The van der Waals surface area contributed by atoms with Gasteiger partial charge >= 0.3 is 0 Å². The number of para-hydroxylation sites is 1. The summed E-state index contributed by atoms with van der Waals surface area (Å²) in [5, 5.41) is 7.44. The Balaban J connectivity index is 1.35. The van der Waals surface area contributed by atoms with Crippen LogP contribution < -0.4 is 0 Å². The standard InChI is InChI=1S/C18H17N3OS/c1-2-8-16-15(7-1)13(12-19-16)5-3-9-18-20-17(21-22-18)11-14-6-4-10-23-14/h1-2,4,6-8,10,12,19H,3,5,9,11H2. The van der Waals surface area contributed by atoms with Gasteiger partial charge < -0.3 is 9.51 Å². The molecule has 0 aliphatic rings. The Morgan fingerprint density at radius 3 is 2.96 bits per heavy atom. The first-order valence-electron chi connectivity index (χ1n) is 7.77. The van der Waals surface area contributed by atoms with E-state index in [1.165, 1.54) is 21.3 Å². The number of hydrogen-bond acceptors (Lipinski definition) is 4. The van der Waals surface area contributed by atoms with E-state index in [4.69, 9.17) is 4.52 Å². The Labute approximate surface area is 138 Å². The number of benzene rings is 1. The molecule has 0 radical (unpaired) electrons. The lowest BCUT2D eigenvalue weighted by Crippen LogP contribution is -1.91. The first kappa shape index (κ1) is 14.2. The predicted molar refractivity (Wildman–Crippen MR) is 91.7 cm³/mol. The highest BCUT2D eigenvalue weighted by Gasteiger charge is 2.09. The molecule has 4 nitrogen and oxygen atoms in total. The number of nitrogens with zero attached hydrogens (tertiary/aromatic N) is 2. The second kappa shape index (κ2) is 6.38. The first-order chi connectivity index (χ1) is 11.4. The zero-order chi connectivity index (χ0) is 15.5. The highest BCUT2D eigenvalue weighted by atomic mass is 32.1. The minimum atomic E-state index is 0.733. The Kier molecular flexibility index (Phi) is 3.94. The van der Waals surface area contributed by atoms with Crippen molar-refractivity contribution in [3.05, 3.63) is 70.1 Å². The van der Waals surface area contributed by atoms with E-state index in [9.17, 15) is 0 Å². The molecular weight excluding hydrogens is 306 g/mol. The molecule has 0 aliphatic carbocycles. The average molecular weight is 323 g/mol. The average Bonchev–Trinajstić information content (AvgIpc) is 3.30. The molecule has 23 heavy (non-hydrogen) atoms. The van der Waals surface area contributed by atoms with Crippen molar-refractivity contribution in [3.63, 3.8) is 0 Å². The molecule has 4 aromatic rings. The van der Waals surface area contributed by atoms with Crippen LogP contribution in [0.15, 0.2) is 52.5 Å². The minimum Gasteiger partial charge on any atom is -0.361 e. The van der Waals surface area contributed by atoms with E-state index in [1.54, 1.807) is 11.3 Å². The number of nitrogens with one attached hydrogen (secondary N) is 1. The van der Waals surface area contributed by atoms with Gasteiger partial charge in [0, 0.05) is 34.8 Å². The first-order valence-corrected chi connectivity index (χ1v) is 8.65. The highest BCUT2D eigenvalue weighted by molar-refractivity contribution is 7.09. The lowest BCUT2D eigenvalue weighted by atomic mass is 10.1. The summed E-state index contributed by atoms with van der Waals surface area (Å²) in [5.74, 6) is 1.51. The number of aromatic nitrogens is 3. The van der Waals surface area contributed by atoms with Gasteiger partial charge in [-0.05, 0) is 35.9 Å². The quantitative estimate of drug-likeness (QED) is 0.573. The molecule has 0 atom stereocenters. The molecule has 0 aliphatic heterocycles. The molecule has 0 saturated heterocycles. The largest absolute Gasteiger partial charge is 0.361 e. The monoisotopic (exact) mass is 323 g/mol. The van der Waals surface area contributed by atoms with Crippen LogP contribution in [0.1, 0.15) is 28.6 Å². The fourth-order valence-electron chi connectivity index (χ4n) is 2.80. The number of H-pyrrole nitrogens is 1. The highest BCUT2D eigenvalue weighted by Crippen LogP contribution is 2.20. The fourth-order valence-corrected chi connectivity index (χ4v) is 3.50. The predicted octanol–water partition coefficient (Wildman–Crippen LogP) is 4.38. The lowest BCUT2D eigenvalue weighted by molar-refractivity contribution is 0.371. The molecule has 0 bridgehead atoms. The van der Waals surface area contributed by atoms with E-state index in [0.29, 0.717) is 0 Å². The van der Waals surface area contributed by atoms with Crippen molar-refractivity contribution in [2.24, 2.45) is 0 Å². The van der Waals surface area contributed by atoms with Gasteiger partial charge in [0.2, 0.25) is 5.89 Å². The van der Waals surface area contributed by atoms with Crippen molar-refractivity contribution in [1.82, 2.24) is 15.1 Å². The minimum absolute atomic E-state index is 0.733. The van der Waals surface area contributed by atoms with E-state index in [2.05, 4.69) is 57.0 Å². The summed E-state index contributed by atoms with van der Waals surface area (Å²) in [5.41, 5.74) is 2.54. The molecule has 1 N–H and O–H groups in total. The fraction of sp³-hybridized carbons (Fsp3) is 0.222. The second-order valence-electron chi connectivity index (χ2n) is 5.57. The molecular formula is C18H17N3OS. The van der Waals surface area contributed by atoms with Crippen LogP contribution in [0.25, 0.3) is 10.9 Å². The van der Waals surface area contributed by atoms with Crippen molar-refractivity contribution in [2.75, 3.05) is 0 Å². The van der Waals surface area contributed by atoms with Gasteiger partial charge in [0.05, 0.1) is 0 Å². The molecule has 0 saturated carbocycles. The van der Waals surface area contributed by atoms with Crippen LogP contribution in [0.2, 0.25) is 0 Å². The third-order valence-corrected chi connectivity index (χ3v) is 4.81. The summed E-state index contributed by atoms with van der Waals surface area (Å²) in [4.78, 5) is 9.06. The summed E-state index contributed by atoms with van der Waals surface area (Å²) >= 11 is 1.72. The van der Waals surface area contributed by atoms with Crippen LogP contribution in [-0.4, -0.2) is 15.1 Å². The van der Waals surface area contributed by atoms with Gasteiger partial charge in [-0.1, -0.05) is 29.4 Å². The van der Waals surface area contributed by atoms with E-state index in [0.717, 1.165) is 37.4 Å². The number of fused-ring (bicyclic) bond motifs is 1. The molecule has 116 valence electrons. The maximum Gasteiger partial charge on any atom is 0.226 e. The van der Waals surface area contributed by atoms with Gasteiger partial charge in [0.25, 0.3) is 0 Å². The molecule has 0 spiro atoms. The SMILES string of the molecule is c1csc(Cc2noc(CCCc3c[nH]c4ccccc34)n2)c1. The van der Waals surface area contributed by atoms with Crippen LogP contribution in [-0.2, 0) is 19.3 Å². The van der Waals surface area contributed by atoms with Gasteiger partial charge in [-0.3, -0.25) is 0 Å². The Hall–Kier alpha value is -2.40. The maximum absolute atomic E-state index is 5.36. The molecule has 0 fully saturated rings. The molecule has 5 heteroatoms. The van der Waals surface area contributed by atoms with Crippen LogP contribution >= 0.6 is 11.3 Å². The van der Waals surface area contributed by atoms with E-state index in [-0.39, 0.29) is 0 Å². The van der Waals surface area contributed by atoms with Gasteiger partial charge in [-0.25, -0.2) is 0 Å². The van der Waals surface area contributed by atoms with Crippen molar-refractivity contribution < 1.29 is 4.52 Å². The molecule has 0 amide bonds. The van der Waals surface area contributed by atoms with Crippen LogP contribution in [0.4, 0.5) is 0 Å². The molecule has 3 heterocycles. The van der Waals surface area contributed by atoms with E-state index >= 15 is 0 Å². The zero-order valence-corrected chi connectivity index (χ0v) is 13.5. The number of aryl methyl sites for hydroxylation is 2. The second-order valence-corrected chi connectivity index (χ2v) is 6.61. The van der Waals surface area contributed by atoms with Gasteiger partial charge in [0.1, 0.15) is 0 Å². The Morgan fingerprint density at radius 2 is 2.04 bits per heavy atom. The lowest BCUT2D eigenvalue weighted by Gasteiger charge is -1.97. The summed E-state index contributed by atoms with van der Waals surface area (Å²) in [6.45, 7) is 0. The normalized spacial score (nSPS) is 11.3. The zero-order valence-electron chi connectivity index (χ0n) is 12.7. The van der Waals surface area contributed by atoms with Crippen molar-refractivity contribution in [3.8, 4) is 0 Å². The van der Waals surface area contributed by atoms with E-state index in [1.807, 2.05) is 6.07 Å². The van der Waals surface area contributed by atoms with Gasteiger partial charge in [-0.15, -0.1) is 11.3 Å². The molecule has 0 unspecified atom stereocenters. The molecule has 4 rings (SSSR count). The van der Waals surface area contributed by atoms with Crippen molar-refractivity contribution in [2.45, 2.75) is 25.7 Å².